The van der Waals surface area contributed by atoms with E-state index in [1.807, 2.05) is 25.1 Å². The fraction of sp³-hybridized carbons (Fsp3) is 0.645. The third-order valence-corrected chi connectivity index (χ3v) is 11.0. The Morgan fingerprint density at radius 1 is 1.17 bits per heavy atom. The second-order valence-electron chi connectivity index (χ2n) is 13.7. The average Bonchev–Trinajstić information content (AvgIpc) is 3.57. The summed E-state index contributed by atoms with van der Waals surface area (Å²) in [7, 11) is 6.97. The summed E-state index contributed by atoms with van der Waals surface area (Å²) in [5.41, 5.74) is 4.65. The van der Waals surface area contributed by atoms with Crippen LogP contribution in [0.2, 0.25) is 0 Å². The van der Waals surface area contributed by atoms with E-state index in [1.54, 1.807) is 19.0 Å². The van der Waals surface area contributed by atoms with Crippen molar-refractivity contribution in [3.8, 4) is 5.75 Å². The van der Waals surface area contributed by atoms with Crippen LogP contribution in [-0.2, 0) is 27.3 Å². The third-order valence-electron chi connectivity index (χ3n) is 11.0. The minimum atomic E-state index is -2.50. The Morgan fingerprint density at radius 2 is 1.86 bits per heavy atom. The predicted octanol–water partition coefficient (Wildman–Crippen LogP) is 0.806. The van der Waals surface area contributed by atoms with Crippen molar-refractivity contribution in [1.29, 1.82) is 5.41 Å². The van der Waals surface area contributed by atoms with E-state index in [9.17, 15) is 29.4 Å². The monoisotopic (exact) mass is 579 g/mol. The summed E-state index contributed by atoms with van der Waals surface area (Å²) in [4.78, 5) is 57.5. The number of nitrogens with one attached hydrogen (secondary N) is 2. The number of aromatic hydroxyl groups is 1. The Kier molecular flexibility index (Phi) is 6.67. The van der Waals surface area contributed by atoms with Crippen molar-refractivity contribution in [3.05, 3.63) is 22.8 Å². The number of anilines is 1. The molecule has 4 fully saturated rings. The van der Waals surface area contributed by atoms with Gasteiger partial charge >= 0.3 is 0 Å². The molecule has 0 saturated heterocycles. The van der Waals surface area contributed by atoms with Crippen molar-refractivity contribution in [3.63, 3.8) is 0 Å². The molecule has 5 aliphatic rings. The largest absolute Gasteiger partial charge is 0.507 e. The molecule has 4 saturated carbocycles. The summed E-state index contributed by atoms with van der Waals surface area (Å²) >= 11 is 0. The Labute approximate surface area is 245 Å². The first-order valence-corrected chi connectivity index (χ1v) is 14.9. The lowest BCUT2D eigenvalue weighted by atomic mass is 9.52. The Bertz CT molecular complexity index is 1420. The van der Waals surface area contributed by atoms with Crippen LogP contribution >= 0.6 is 0 Å². The van der Waals surface area contributed by atoms with Crippen molar-refractivity contribution in [2.24, 2.45) is 34.8 Å². The highest BCUT2D eigenvalue weighted by Crippen LogP contribution is 2.58. The van der Waals surface area contributed by atoms with Crippen LogP contribution in [0.1, 0.15) is 60.0 Å². The lowest BCUT2D eigenvalue weighted by molar-refractivity contribution is -0.157. The van der Waals surface area contributed by atoms with Gasteiger partial charge in [0.2, 0.25) is 5.91 Å². The zero-order valence-electron chi connectivity index (χ0n) is 24.7. The normalized spacial score (nSPS) is 34.8. The van der Waals surface area contributed by atoms with Crippen LogP contribution < -0.4 is 16.0 Å². The quantitative estimate of drug-likeness (QED) is 0.305. The van der Waals surface area contributed by atoms with Gasteiger partial charge in [-0.05, 0) is 75.6 Å². The summed E-state index contributed by atoms with van der Waals surface area (Å²) in [6.45, 7) is 0.380. The Balaban J connectivity index is 1.40. The van der Waals surface area contributed by atoms with Crippen LogP contribution in [0.15, 0.2) is 6.07 Å². The topological polar surface area (TPSA) is 177 Å². The van der Waals surface area contributed by atoms with E-state index < -0.39 is 64.3 Å². The number of rotatable bonds is 6. The summed E-state index contributed by atoms with van der Waals surface area (Å²) < 4.78 is 0. The summed E-state index contributed by atoms with van der Waals surface area (Å²) in [5.74, 6) is -8.04. The number of likely N-dealkylation sites (N-methyl/N-ethyl adjacent to an activating group) is 1. The summed E-state index contributed by atoms with van der Waals surface area (Å²) in [6.07, 6.45) is 6.29. The summed E-state index contributed by atoms with van der Waals surface area (Å²) in [5, 5.41) is 35.7. The molecule has 1 aromatic carbocycles. The van der Waals surface area contributed by atoms with Gasteiger partial charge in [0.25, 0.3) is 0 Å². The van der Waals surface area contributed by atoms with Crippen LogP contribution in [0.25, 0.3) is 0 Å². The average molecular weight is 580 g/mol. The number of aliphatic hydroxyl groups is 1. The molecule has 7 unspecified atom stereocenters. The number of carbonyl (C=O) groups excluding carboxylic acids is 4. The standard InChI is InChI=1S/C31H41N5O6/c1-35(2)18-12-15(13-34-19-6-5-7-30(19)8-9-30)24(37)21-16(18)10-14-11-17-23(36(3)4)26(39)22(29(33)41)27(32)31(17,42)28(40)20(14)25(21)38/h12,14,17,19-20,22-23,32,34,37,42H,5-11,13H2,1-4H3,(H2,33,41). The number of amides is 1. The lowest BCUT2D eigenvalue weighted by Crippen LogP contribution is -2.73. The highest BCUT2D eigenvalue weighted by Gasteiger charge is 2.67. The molecule has 226 valence electrons. The van der Waals surface area contributed by atoms with Crippen LogP contribution in [0, 0.1) is 34.5 Å². The molecular formula is C31H41N5O6. The van der Waals surface area contributed by atoms with Crippen molar-refractivity contribution in [1.82, 2.24) is 10.2 Å². The molecule has 0 heterocycles. The van der Waals surface area contributed by atoms with Gasteiger partial charge in [-0.1, -0.05) is 6.42 Å². The number of ketones is 3. The maximum absolute atomic E-state index is 14.2. The highest BCUT2D eigenvalue weighted by atomic mass is 16.3. The number of phenolic OH excluding ortho intramolecular Hbond substituents is 1. The molecule has 42 heavy (non-hydrogen) atoms. The number of hydrogen-bond acceptors (Lipinski definition) is 10. The number of Topliss-reactive ketones (excluding diaryl/α,β-unsaturated/α-hetero) is 3. The zero-order chi connectivity index (χ0) is 30.5. The zero-order valence-corrected chi connectivity index (χ0v) is 24.7. The van der Waals surface area contributed by atoms with E-state index in [2.05, 4.69) is 5.32 Å². The molecule has 1 spiro atoms. The SMILES string of the molecule is CN(C)c1cc(CNC2CCCC23CC3)c(O)c2c1CC1CC3C(N(C)C)C(=O)C(C(N)=O)C(=N)C3(O)C(=O)C1C2=O. The first-order valence-electron chi connectivity index (χ1n) is 14.9. The smallest absolute Gasteiger partial charge is 0.233 e. The number of hydrogen-bond donors (Lipinski definition) is 5. The third kappa shape index (κ3) is 3.92. The van der Waals surface area contributed by atoms with Crippen molar-refractivity contribution < 1.29 is 29.4 Å². The predicted molar refractivity (Wildman–Crippen MR) is 155 cm³/mol. The molecule has 11 heteroatoms. The molecule has 0 bridgehead atoms. The molecule has 6 N–H and O–H groups in total. The second kappa shape index (κ2) is 9.68. The van der Waals surface area contributed by atoms with E-state index in [0.29, 0.717) is 29.1 Å². The Hall–Kier alpha value is -3.15. The van der Waals surface area contributed by atoms with E-state index in [-0.39, 0.29) is 24.2 Å². The van der Waals surface area contributed by atoms with Gasteiger partial charge in [0, 0.05) is 43.9 Å². The van der Waals surface area contributed by atoms with Gasteiger partial charge in [0.05, 0.1) is 23.2 Å². The van der Waals surface area contributed by atoms with Gasteiger partial charge in [-0.15, -0.1) is 0 Å². The summed E-state index contributed by atoms with van der Waals surface area (Å²) in [6, 6.07) is 1.23. The number of primary amides is 1. The second-order valence-corrected chi connectivity index (χ2v) is 13.7. The van der Waals surface area contributed by atoms with Crippen LogP contribution in [0.3, 0.4) is 0 Å². The fourth-order valence-corrected chi connectivity index (χ4v) is 8.74. The number of fused-ring (bicyclic) bond motifs is 3. The van der Waals surface area contributed by atoms with Gasteiger partial charge in [-0.25, -0.2) is 0 Å². The van der Waals surface area contributed by atoms with Crippen LogP contribution in [-0.4, -0.2) is 90.0 Å². The maximum atomic E-state index is 14.2. The Morgan fingerprint density at radius 3 is 2.45 bits per heavy atom. The molecule has 5 aliphatic carbocycles. The highest BCUT2D eigenvalue weighted by molar-refractivity contribution is 6.33. The number of phenols is 1. The molecule has 6 rings (SSSR count). The molecule has 7 atom stereocenters. The molecule has 11 nitrogen and oxygen atoms in total. The van der Waals surface area contributed by atoms with Gasteiger partial charge in [-0.3, -0.25) is 24.1 Å². The number of benzene rings is 1. The van der Waals surface area contributed by atoms with E-state index in [4.69, 9.17) is 11.1 Å². The van der Waals surface area contributed by atoms with Crippen LogP contribution in [0.5, 0.6) is 5.75 Å². The molecule has 0 aromatic heterocycles. The van der Waals surface area contributed by atoms with E-state index >= 15 is 0 Å². The van der Waals surface area contributed by atoms with Gasteiger partial charge in [-0.2, -0.15) is 0 Å². The van der Waals surface area contributed by atoms with Crippen molar-refractivity contribution >= 4 is 34.7 Å². The van der Waals surface area contributed by atoms with Crippen molar-refractivity contribution in [2.75, 3.05) is 33.1 Å². The maximum Gasteiger partial charge on any atom is 0.233 e. The molecule has 0 aliphatic heterocycles. The molecule has 0 radical (unpaired) electrons. The number of nitrogens with zero attached hydrogens (tertiary/aromatic N) is 2. The van der Waals surface area contributed by atoms with Gasteiger partial charge in [0.15, 0.2) is 23.0 Å². The van der Waals surface area contributed by atoms with Gasteiger partial charge in [0.1, 0.15) is 11.7 Å². The molecule has 1 aromatic rings. The van der Waals surface area contributed by atoms with E-state index in [1.165, 1.54) is 25.7 Å². The first kappa shape index (κ1) is 28.9. The van der Waals surface area contributed by atoms with Gasteiger partial charge < -0.3 is 31.6 Å². The van der Waals surface area contributed by atoms with Crippen LogP contribution in [0.4, 0.5) is 5.69 Å². The van der Waals surface area contributed by atoms with Crippen molar-refractivity contribution in [2.45, 2.75) is 69.2 Å². The first-order chi connectivity index (χ1) is 19.7. The number of carbonyl (C=O) groups is 4. The minimum absolute atomic E-state index is 0.0798. The molecule has 1 amide bonds. The fourth-order valence-electron chi connectivity index (χ4n) is 8.74. The van der Waals surface area contributed by atoms with E-state index in [0.717, 1.165) is 12.1 Å². The lowest BCUT2D eigenvalue weighted by Gasteiger charge is -2.53. The molecular weight excluding hydrogens is 538 g/mol. The minimum Gasteiger partial charge on any atom is -0.507 e. The number of nitrogens with two attached hydrogens (primary N) is 1.